The maximum atomic E-state index is 12.1. The number of hydrogen-bond acceptors (Lipinski definition) is 2. The monoisotopic (exact) mass is 246 g/mol. The largest absolute Gasteiger partial charge is 0.399 e. The van der Waals surface area contributed by atoms with Gasteiger partial charge in [0.2, 0.25) is 5.91 Å². The Balaban J connectivity index is 1.96. The Kier molecular flexibility index (Phi) is 3.90. The summed E-state index contributed by atoms with van der Waals surface area (Å²) in [5, 5.41) is 3.00. The zero-order valence-electron chi connectivity index (χ0n) is 11.2. The maximum Gasteiger partial charge on any atom is 0.227 e. The third-order valence-corrected chi connectivity index (χ3v) is 3.92. The van der Waals surface area contributed by atoms with Crippen molar-refractivity contribution in [3.63, 3.8) is 0 Å². The molecule has 0 spiro atoms. The minimum absolute atomic E-state index is 0.158. The van der Waals surface area contributed by atoms with E-state index in [2.05, 4.69) is 12.2 Å². The van der Waals surface area contributed by atoms with Crippen LogP contribution in [0.5, 0.6) is 0 Å². The van der Waals surface area contributed by atoms with Gasteiger partial charge in [-0.2, -0.15) is 0 Å². The van der Waals surface area contributed by atoms with Gasteiger partial charge in [0, 0.05) is 17.3 Å². The topological polar surface area (TPSA) is 55.1 Å². The van der Waals surface area contributed by atoms with Crippen LogP contribution in [0.3, 0.4) is 0 Å². The fourth-order valence-electron chi connectivity index (χ4n) is 2.52. The van der Waals surface area contributed by atoms with Crippen molar-refractivity contribution in [2.75, 3.05) is 11.1 Å². The van der Waals surface area contributed by atoms with Gasteiger partial charge in [-0.05, 0) is 62.3 Å². The number of nitrogen functional groups attached to an aromatic ring is 1. The minimum Gasteiger partial charge on any atom is -0.399 e. The zero-order chi connectivity index (χ0) is 13.1. The van der Waals surface area contributed by atoms with Gasteiger partial charge in [-0.15, -0.1) is 0 Å². The van der Waals surface area contributed by atoms with Crippen molar-refractivity contribution >= 4 is 17.3 Å². The Hall–Kier alpha value is -1.51. The molecule has 18 heavy (non-hydrogen) atoms. The molecule has 0 unspecified atom stereocenters. The first kappa shape index (κ1) is 12.9. The van der Waals surface area contributed by atoms with Gasteiger partial charge in [-0.1, -0.05) is 6.92 Å². The van der Waals surface area contributed by atoms with Crippen LogP contribution in [-0.2, 0) is 4.79 Å². The normalized spacial score (nSPS) is 23.7. The second-order valence-corrected chi connectivity index (χ2v) is 5.52. The summed E-state index contributed by atoms with van der Waals surface area (Å²) >= 11 is 0. The molecule has 0 atom stereocenters. The van der Waals surface area contributed by atoms with Crippen molar-refractivity contribution in [2.45, 2.75) is 39.5 Å². The molecule has 3 nitrogen and oxygen atoms in total. The third-order valence-electron chi connectivity index (χ3n) is 3.92. The third kappa shape index (κ3) is 3.03. The fourth-order valence-corrected chi connectivity index (χ4v) is 2.52. The van der Waals surface area contributed by atoms with Gasteiger partial charge in [0.25, 0.3) is 0 Å². The summed E-state index contributed by atoms with van der Waals surface area (Å²) in [4.78, 5) is 12.1. The number of hydrogen-bond donors (Lipinski definition) is 2. The Morgan fingerprint density at radius 2 is 1.94 bits per heavy atom. The minimum atomic E-state index is 0.158. The Morgan fingerprint density at radius 3 is 2.56 bits per heavy atom. The Labute approximate surface area is 109 Å². The van der Waals surface area contributed by atoms with Gasteiger partial charge in [-0.25, -0.2) is 0 Å². The van der Waals surface area contributed by atoms with E-state index in [0.29, 0.717) is 0 Å². The molecule has 1 fully saturated rings. The van der Waals surface area contributed by atoms with Gasteiger partial charge < -0.3 is 11.1 Å². The summed E-state index contributed by atoms with van der Waals surface area (Å²) in [7, 11) is 0. The van der Waals surface area contributed by atoms with Gasteiger partial charge in [0.15, 0.2) is 0 Å². The van der Waals surface area contributed by atoms with Crippen molar-refractivity contribution in [2.24, 2.45) is 11.8 Å². The molecule has 0 aromatic heterocycles. The zero-order valence-corrected chi connectivity index (χ0v) is 11.2. The molecule has 98 valence electrons. The molecular weight excluding hydrogens is 224 g/mol. The van der Waals surface area contributed by atoms with E-state index in [1.165, 1.54) is 12.8 Å². The van der Waals surface area contributed by atoms with Crippen LogP contribution in [0.15, 0.2) is 18.2 Å². The second-order valence-electron chi connectivity index (χ2n) is 5.52. The molecule has 1 saturated carbocycles. The van der Waals surface area contributed by atoms with Crippen molar-refractivity contribution in [3.8, 4) is 0 Å². The smallest absolute Gasteiger partial charge is 0.227 e. The van der Waals surface area contributed by atoms with Crippen molar-refractivity contribution < 1.29 is 4.79 Å². The summed E-state index contributed by atoms with van der Waals surface area (Å²) in [6.07, 6.45) is 4.36. The van der Waals surface area contributed by atoms with Crippen LogP contribution >= 0.6 is 0 Å². The van der Waals surface area contributed by atoms with Crippen LogP contribution in [0.4, 0.5) is 11.4 Å². The molecule has 3 heteroatoms. The van der Waals surface area contributed by atoms with Crippen LogP contribution in [-0.4, -0.2) is 5.91 Å². The summed E-state index contributed by atoms with van der Waals surface area (Å²) in [5.41, 5.74) is 8.39. The van der Waals surface area contributed by atoms with Gasteiger partial charge >= 0.3 is 0 Å². The molecular formula is C15H22N2O. The highest BCUT2D eigenvalue weighted by Crippen LogP contribution is 2.29. The van der Waals surface area contributed by atoms with Gasteiger partial charge in [0.1, 0.15) is 0 Å². The summed E-state index contributed by atoms with van der Waals surface area (Å²) in [5.74, 6) is 1.11. The van der Waals surface area contributed by atoms with Gasteiger partial charge in [-0.3, -0.25) is 4.79 Å². The molecule has 1 amide bonds. The summed E-state index contributed by atoms with van der Waals surface area (Å²) in [6, 6.07) is 5.64. The van der Waals surface area contributed by atoms with E-state index in [-0.39, 0.29) is 11.8 Å². The lowest BCUT2D eigenvalue weighted by atomic mass is 9.82. The molecule has 3 N–H and O–H groups in total. The molecule has 0 heterocycles. The number of nitrogens with two attached hydrogens (primary N) is 1. The molecule has 0 bridgehead atoms. The Morgan fingerprint density at radius 1 is 1.28 bits per heavy atom. The number of carbonyl (C=O) groups is 1. The van der Waals surface area contributed by atoms with E-state index >= 15 is 0 Å². The standard InChI is InChI=1S/C15H22N2O/c1-10-3-5-12(6-4-10)15(18)17-13-7-8-14(16)11(2)9-13/h7-10,12H,3-6,16H2,1-2H3,(H,17,18). The number of amides is 1. The highest BCUT2D eigenvalue weighted by Gasteiger charge is 2.24. The van der Waals surface area contributed by atoms with Crippen LogP contribution in [0.2, 0.25) is 0 Å². The van der Waals surface area contributed by atoms with Crippen LogP contribution in [0.1, 0.15) is 38.2 Å². The van der Waals surface area contributed by atoms with E-state index in [0.717, 1.165) is 35.7 Å². The van der Waals surface area contributed by atoms with E-state index < -0.39 is 0 Å². The van der Waals surface area contributed by atoms with Crippen LogP contribution in [0.25, 0.3) is 0 Å². The molecule has 0 aliphatic heterocycles. The van der Waals surface area contributed by atoms with Crippen molar-refractivity contribution in [3.05, 3.63) is 23.8 Å². The number of carbonyl (C=O) groups excluding carboxylic acids is 1. The quantitative estimate of drug-likeness (QED) is 0.786. The highest BCUT2D eigenvalue weighted by molar-refractivity contribution is 5.92. The summed E-state index contributed by atoms with van der Waals surface area (Å²) < 4.78 is 0. The number of benzene rings is 1. The number of nitrogens with one attached hydrogen (secondary N) is 1. The molecule has 2 rings (SSSR count). The molecule has 1 aromatic rings. The molecule has 0 saturated heterocycles. The highest BCUT2D eigenvalue weighted by atomic mass is 16.1. The van der Waals surface area contributed by atoms with E-state index in [1.807, 2.05) is 25.1 Å². The van der Waals surface area contributed by atoms with Crippen LogP contribution in [0, 0.1) is 18.8 Å². The van der Waals surface area contributed by atoms with Crippen LogP contribution < -0.4 is 11.1 Å². The van der Waals surface area contributed by atoms with Crippen molar-refractivity contribution in [1.82, 2.24) is 0 Å². The van der Waals surface area contributed by atoms with Gasteiger partial charge in [0.05, 0.1) is 0 Å². The number of rotatable bonds is 2. The lowest BCUT2D eigenvalue weighted by Gasteiger charge is -2.25. The predicted molar refractivity (Wildman–Crippen MR) is 75.3 cm³/mol. The number of anilines is 2. The number of aryl methyl sites for hydroxylation is 1. The average molecular weight is 246 g/mol. The lowest BCUT2D eigenvalue weighted by molar-refractivity contribution is -0.121. The molecule has 1 aromatic carbocycles. The first-order valence-corrected chi connectivity index (χ1v) is 6.73. The SMILES string of the molecule is Cc1cc(NC(=O)C2CCC(C)CC2)ccc1N. The average Bonchev–Trinajstić information content (AvgIpc) is 2.34. The van der Waals surface area contributed by atoms with E-state index in [1.54, 1.807) is 0 Å². The lowest BCUT2D eigenvalue weighted by Crippen LogP contribution is -2.26. The maximum absolute atomic E-state index is 12.1. The van der Waals surface area contributed by atoms with E-state index in [4.69, 9.17) is 5.73 Å². The summed E-state index contributed by atoms with van der Waals surface area (Å²) in [6.45, 7) is 4.21. The first-order chi connectivity index (χ1) is 8.56. The fraction of sp³-hybridized carbons (Fsp3) is 0.533. The molecule has 0 radical (unpaired) electrons. The van der Waals surface area contributed by atoms with E-state index in [9.17, 15) is 4.79 Å². The first-order valence-electron chi connectivity index (χ1n) is 6.73. The second kappa shape index (κ2) is 5.42. The molecule has 1 aliphatic carbocycles. The van der Waals surface area contributed by atoms with Crippen molar-refractivity contribution in [1.29, 1.82) is 0 Å². The Bertz CT molecular complexity index is 434. The predicted octanol–water partition coefficient (Wildman–Crippen LogP) is 3.34. The molecule has 1 aliphatic rings.